The first kappa shape index (κ1) is 20.3. The summed E-state index contributed by atoms with van der Waals surface area (Å²) in [5, 5.41) is 0. The van der Waals surface area contributed by atoms with Crippen LogP contribution in [0.5, 0.6) is 5.75 Å². The Bertz CT molecular complexity index is 1050. The number of nitrogens with zero attached hydrogens (tertiary/aromatic N) is 2. The SMILES string of the molecule is CCOCCn1c(=NC(=O)Cc2cc(C)ccc2C)sc2cc(OC)ccc21. The molecule has 0 radical (unpaired) electrons. The summed E-state index contributed by atoms with van der Waals surface area (Å²) in [6.07, 6.45) is 0.302. The summed E-state index contributed by atoms with van der Waals surface area (Å²) in [6.45, 7) is 7.92. The molecule has 0 saturated carbocycles. The molecule has 28 heavy (non-hydrogen) atoms. The van der Waals surface area contributed by atoms with Crippen molar-refractivity contribution in [1.82, 2.24) is 4.57 Å². The number of fused-ring (bicyclic) bond motifs is 1. The quantitative estimate of drug-likeness (QED) is 0.565. The second-order valence-corrected chi connectivity index (χ2v) is 7.69. The predicted octanol–water partition coefficient (Wildman–Crippen LogP) is 4.03. The third-order valence-corrected chi connectivity index (χ3v) is 5.66. The molecule has 6 heteroatoms. The zero-order chi connectivity index (χ0) is 20.1. The van der Waals surface area contributed by atoms with Gasteiger partial charge in [0.25, 0.3) is 5.91 Å². The highest BCUT2D eigenvalue weighted by Crippen LogP contribution is 2.23. The topological polar surface area (TPSA) is 52.8 Å². The maximum atomic E-state index is 12.7. The molecule has 0 spiro atoms. The Morgan fingerprint density at radius 2 is 2.00 bits per heavy atom. The maximum absolute atomic E-state index is 12.7. The smallest absolute Gasteiger partial charge is 0.252 e. The van der Waals surface area contributed by atoms with Crippen LogP contribution in [-0.4, -0.2) is 30.8 Å². The van der Waals surface area contributed by atoms with Gasteiger partial charge in [-0.05, 0) is 50.1 Å². The second kappa shape index (κ2) is 9.17. The Hall–Kier alpha value is -2.44. The first-order valence-electron chi connectivity index (χ1n) is 9.40. The lowest BCUT2D eigenvalue weighted by Gasteiger charge is -2.06. The van der Waals surface area contributed by atoms with Gasteiger partial charge in [-0.15, -0.1) is 0 Å². The molecule has 0 fully saturated rings. The number of aromatic nitrogens is 1. The van der Waals surface area contributed by atoms with Crippen LogP contribution in [0.3, 0.4) is 0 Å². The zero-order valence-electron chi connectivity index (χ0n) is 16.8. The average molecular weight is 399 g/mol. The lowest BCUT2D eigenvalue weighted by atomic mass is 10.0. The molecule has 148 valence electrons. The zero-order valence-corrected chi connectivity index (χ0v) is 17.6. The highest BCUT2D eigenvalue weighted by Gasteiger charge is 2.11. The second-order valence-electron chi connectivity index (χ2n) is 6.68. The molecule has 0 unspecified atom stereocenters. The fourth-order valence-corrected chi connectivity index (χ4v) is 4.18. The molecule has 0 N–H and O–H groups in total. The predicted molar refractivity (Wildman–Crippen MR) is 113 cm³/mol. The van der Waals surface area contributed by atoms with Crippen LogP contribution in [0.25, 0.3) is 10.2 Å². The molecule has 3 aromatic rings. The van der Waals surface area contributed by atoms with Crippen LogP contribution in [0.15, 0.2) is 41.4 Å². The van der Waals surface area contributed by atoms with Crippen LogP contribution in [-0.2, 0) is 22.5 Å². The van der Waals surface area contributed by atoms with Crippen molar-refractivity contribution in [2.45, 2.75) is 33.7 Å². The summed E-state index contributed by atoms with van der Waals surface area (Å²) in [7, 11) is 1.65. The van der Waals surface area contributed by atoms with Gasteiger partial charge in [0, 0.05) is 13.2 Å². The number of benzene rings is 2. The molecule has 5 nitrogen and oxygen atoms in total. The summed E-state index contributed by atoms with van der Waals surface area (Å²) >= 11 is 1.50. The molecule has 2 aromatic carbocycles. The van der Waals surface area contributed by atoms with Crippen molar-refractivity contribution in [3.8, 4) is 5.75 Å². The Labute approximate surface area is 169 Å². The number of hydrogen-bond acceptors (Lipinski definition) is 4. The molecule has 0 atom stereocenters. The van der Waals surface area contributed by atoms with E-state index in [0.29, 0.717) is 31.0 Å². The molecule has 0 saturated heterocycles. The summed E-state index contributed by atoms with van der Waals surface area (Å²) in [5.74, 6) is 0.649. The minimum absolute atomic E-state index is 0.141. The van der Waals surface area contributed by atoms with Gasteiger partial charge in [0.05, 0.1) is 30.4 Å². The number of ether oxygens (including phenoxy) is 2. The van der Waals surface area contributed by atoms with Gasteiger partial charge in [-0.2, -0.15) is 4.99 Å². The first-order valence-corrected chi connectivity index (χ1v) is 10.2. The third-order valence-electron chi connectivity index (χ3n) is 4.62. The van der Waals surface area contributed by atoms with Crippen molar-refractivity contribution in [2.24, 2.45) is 4.99 Å². The highest BCUT2D eigenvalue weighted by atomic mass is 32.1. The molecule has 1 heterocycles. The van der Waals surface area contributed by atoms with Gasteiger partial charge >= 0.3 is 0 Å². The summed E-state index contributed by atoms with van der Waals surface area (Å²) in [6, 6.07) is 12.1. The van der Waals surface area contributed by atoms with Gasteiger partial charge in [-0.25, -0.2) is 0 Å². The number of rotatable bonds is 7. The van der Waals surface area contributed by atoms with Crippen molar-refractivity contribution in [3.63, 3.8) is 0 Å². The van der Waals surface area contributed by atoms with Gasteiger partial charge in [0.15, 0.2) is 4.80 Å². The van der Waals surface area contributed by atoms with Gasteiger partial charge in [0.1, 0.15) is 5.75 Å². The van der Waals surface area contributed by atoms with Gasteiger partial charge in [-0.3, -0.25) is 4.79 Å². The van der Waals surface area contributed by atoms with E-state index in [9.17, 15) is 4.79 Å². The van der Waals surface area contributed by atoms with Crippen LogP contribution in [0.1, 0.15) is 23.6 Å². The molecule has 0 aliphatic carbocycles. The number of thiazole rings is 1. The maximum Gasteiger partial charge on any atom is 0.252 e. The van der Waals surface area contributed by atoms with Crippen molar-refractivity contribution in [1.29, 1.82) is 0 Å². The highest BCUT2D eigenvalue weighted by molar-refractivity contribution is 7.16. The standard InChI is InChI=1S/C22H26N2O3S/c1-5-27-11-10-24-19-9-8-18(26-4)14-20(19)28-22(24)23-21(25)13-17-12-15(2)6-7-16(17)3/h6-9,12,14H,5,10-11,13H2,1-4H3. The Morgan fingerprint density at radius 1 is 1.18 bits per heavy atom. The molecular weight excluding hydrogens is 372 g/mol. The van der Waals surface area contributed by atoms with E-state index >= 15 is 0 Å². The largest absolute Gasteiger partial charge is 0.497 e. The molecular formula is C22H26N2O3S. The van der Waals surface area contributed by atoms with E-state index in [2.05, 4.69) is 21.7 Å². The number of carbonyl (C=O) groups is 1. The minimum Gasteiger partial charge on any atom is -0.497 e. The molecule has 0 aliphatic heterocycles. The Kier molecular flexibility index (Phi) is 6.65. The molecule has 1 aromatic heterocycles. The van der Waals surface area contributed by atoms with Crippen LogP contribution >= 0.6 is 11.3 Å². The van der Waals surface area contributed by atoms with E-state index in [1.165, 1.54) is 11.3 Å². The number of hydrogen-bond donors (Lipinski definition) is 0. The van der Waals surface area contributed by atoms with Crippen LogP contribution < -0.4 is 9.54 Å². The molecule has 0 bridgehead atoms. The van der Waals surface area contributed by atoms with E-state index in [0.717, 1.165) is 32.7 Å². The summed E-state index contributed by atoms with van der Waals surface area (Å²) < 4.78 is 13.9. The number of methoxy groups -OCH3 is 1. The fourth-order valence-electron chi connectivity index (χ4n) is 3.08. The molecule has 1 amide bonds. The lowest BCUT2D eigenvalue weighted by molar-refractivity contribution is -0.117. The van der Waals surface area contributed by atoms with Gasteiger partial charge in [0.2, 0.25) is 0 Å². The van der Waals surface area contributed by atoms with Gasteiger partial charge in [-0.1, -0.05) is 35.1 Å². The van der Waals surface area contributed by atoms with Crippen LogP contribution in [0.4, 0.5) is 0 Å². The van der Waals surface area contributed by atoms with Crippen LogP contribution in [0.2, 0.25) is 0 Å². The summed E-state index contributed by atoms with van der Waals surface area (Å²) in [4.78, 5) is 17.8. The summed E-state index contributed by atoms with van der Waals surface area (Å²) in [5.41, 5.74) is 4.31. The van der Waals surface area contributed by atoms with Crippen molar-refractivity contribution in [3.05, 3.63) is 57.9 Å². The van der Waals surface area contributed by atoms with E-state index in [-0.39, 0.29) is 5.91 Å². The van der Waals surface area contributed by atoms with Crippen LogP contribution in [0, 0.1) is 13.8 Å². The Morgan fingerprint density at radius 3 is 2.75 bits per heavy atom. The number of aryl methyl sites for hydroxylation is 2. The monoisotopic (exact) mass is 398 g/mol. The minimum atomic E-state index is -0.141. The Balaban J connectivity index is 1.97. The molecule has 0 aliphatic rings. The number of carbonyl (C=O) groups excluding carboxylic acids is 1. The van der Waals surface area contributed by atoms with E-state index in [1.807, 2.05) is 45.0 Å². The normalized spacial score (nSPS) is 11.9. The van der Waals surface area contributed by atoms with Gasteiger partial charge < -0.3 is 14.0 Å². The van der Waals surface area contributed by atoms with E-state index in [1.54, 1.807) is 7.11 Å². The van der Waals surface area contributed by atoms with Crippen molar-refractivity contribution < 1.29 is 14.3 Å². The van der Waals surface area contributed by atoms with E-state index < -0.39 is 0 Å². The lowest BCUT2D eigenvalue weighted by Crippen LogP contribution is -2.20. The van der Waals surface area contributed by atoms with Crippen molar-refractivity contribution in [2.75, 3.05) is 20.3 Å². The number of amides is 1. The average Bonchev–Trinajstić information content (AvgIpc) is 3.01. The van der Waals surface area contributed by atoms with Crippen molar-refractivity contribution >= 4 is 27.5 Å². The first-order chi connectivity index (χ1) is 13.5. The molecule has 3 rings (SSSR count). The van der Waals surface area contributed by atoms with E-state index in [4.69, 9.17) is 9.47 Å². The third kappa shape index (κ3) is 4.69. The fraction of sp³-hybridized carbons (Fsp3) is 0.364.